The summed E-state index contributed by atoms with van der Waals surface area (Å²) in [6.07, 6.45) is 21.8. The Labute approximate surface area is 499 Å². The predicted octanol–water partition coefficient (Wildman–Crippen LogP) is 16.2. The fourth-order valence-electron chi connectivity index (χ4n) is 12.3. The monoisotopic (exact) mass is 1190 g/mol. The van der Waals surface area contributed by atoms with E-state index in [0.29, 0.717) is 38.0 Å². The molecule has 0 fully saturated rings. The summed E-state index contributed by atoms with van der Waals surface area (Å²) in [4.78, 5) is 39.3. The zero-order chi connectivity index (χ0) is 61.5. The van der Waals surface area contributed by atoms with Crippen molar-refractivity contribution < 1.29 is 51.7 Å². The molecule has 1 amide bonds. The molecular formula is C66H123NO11Si3. The summed E-state index contributed by atoms with van der Waals surface area (Å²) >= 11 is 0. The van der Waals surface area contributed by atoms with Gasteiger partial charge in [-0.05, 0) is 130 Å². The maximum Gasteiger partial charge on any atom is 0.331 e. The maximum atomic E-state index is 14.2. The van der Waals surface area contributed by atoms with E-state index in [2.05, 4.69) is 128 Å². The Kier molecular flexibility index (Phi) is 37.8. The van der Waals surface area contributed by atoms with Crippen molar-refractivity contribution in [2.24, 2.45) is 41.4 Å². The Morgan fingerprint density at radius 2 is 1.36 bits per heavy atom. The van der Waals surface area contributed by atoms with Gasteiger partial charge in [0.2, 0.25) is 6.41 Å². The second kappa shape index (κ2) is 40.0. The average molecular weight is 1190 g/mol. The number of esters is 2. The summed E-state index contributed by atoms with van der Waals surface area (Å²) < 4.78 is 47.3. The highest BCUT2D eigenvalue weighted by molar-refractivity contribution is 6.74. The van der Waals surface area contributed by atoms with Crippen LogP contribution in [0.3, 0.4) is 0 Å². The van der Waals surface area contributed by atoms with Crippen LogP contribution in [-0.4, -0.2) is 123 Å². The van der Waals surface area contributed by atoms with E-state index in [1.54, 1.807) is 26.4 Å². The minimum absolute atomic E-state index is 0.0110. The van der Waals surface area contributed by atoms with E-state index in [1.165, 1.54) is 17.4 Å². The smallest absolute Gasteiger partial charge is 0.331 e. The number of ether oxygens (including phenoxy) is 4. The minimum atomic E-state index is -2.23. The average Bonchev–Trinajstić information content (AvgIpc) is 3.47. The van der Waals surface area contributed by atoms with E-state index in [-0.39, 0.29) is 60.1 Å². The lowest BCUT2D eigenvalue weighted by atomic mass is 9.82. The van der Waals surface area contributed by atoms with E-state index in [0.717, 1.165) is 80.1 Å². The molecule has 0 radical (unpaired) electrons. The van der Waals surface area contributed by atoms with E-state index in [9.17, 15) is 19.5 Å². The Hall–Kier alpha value is -2.48. The van der Waals surface area contributed by atoms with Crippen LogP contribution in [0.25, 0.3) is 0 Å². The number of methoxy groups -OCH3 is 2. The number of nitrogens with zero attached hydrogens (tertiary/aromatic N) is 1. The summed E-state index contributed by atoms with van der Waals surface area (Å²) in [6, 6.07) is 9.27. The Balaban J connectivity index is 4.02. The molecule has 0 unspecified atom stereocenters. The first kappa shape index (κ1) is 76.5. The zero-order valence-corrected chi connectivity index (χ0v) is 58.4. The molecule has 81 heavy (non-hydrogen) atoms. The fraction of sp³-hybridized carbons (Fsp3) is 0.803. The molecule has 15 atom stereocenters. The van der Waals surface area contributed by atoms with Gasteiger partial charge in [0.15, 0.2) is 25.0 Å². The van der Waals surface area contributed by atoms with Gasteiger partial charge < -0.3 is 42.2 Å². The first-order valence-corrected chi connectivity index (χ1v) is 39.6. The topological polar surface area (TPSA) is 139 Å². The van der Waals surface area contributed by atoms with Crippen LogP contribution in [0.5, 0.6) is 0 Å². The first-order valence-electron chi connectivity index (χ1n) is 32.0. The molecule has 15 heteroatoms. The second-order valence-corrected chi connectivity index (χ2v) is 38.7. The van der Waals surface area contributed by atoms with Gasteiger partial charge in [0.25, 0.3) is 0 Å². The molecule has 0 aromatic rings. The van der Waals surface area contributed by atoms with Crippen molar-refractivity contribution in [1.29, 1.82) is 0 Å². The van der Waals surface area contributed by atoms with Crippen LogP contribution in [0.2, 0.25) is 54.4 Å². The number of allylic oxidation sites excluding steroid dienone is 3. The lowest BCUT2D eigenvalue weighted by molar-refractivity contribution is -0.153. The number of carbonyl (C=O) groups is 3. The minimum Gasteiger partial charge on any atom is -0.462 e. The number of hydrogen-bond donors (Lipinski definition) is 1. The van der Waals surface area contributed by atoms with Gasteiger partial charge in [-0.2, -0.15) is 0 Å². The zero-order valence-electron chi connectivity index (χ0n) is 55.4. The number of aliphatic hydroxyl groups is 1. The molecule has 0 aliphatic carbocycles. The summed E-state index contributed by atoms with van der Waals surface area (Å²) in [7, 11) is -1.05. The van der Waals surface area contributed by atoms with Gasteiger partial charge >= 0.3 is 11.9 Å². The molecule has 1 N–H and O–H groups in total. The number of aliphatic hydroxyl groups excluding tert-OH is 1. The first-order chi connectivity index (χ1) is 38.4. The molecule has 12 nitrogen and oxygen atoms in total. The van der Waals surface area contributed by atoms with Gasteiger partial charge in [-0.3, -0.25) is 9.59 Å². The molecule has 0 spiro atoms. The van der Waals surface area contributed by atoms with Crippen molar-refractivity contribution >= 4 is 43.3 Å². The van der Waals surface area contributed by atoms with Crippen molar-refractivity contribution in [2.75, 3.05) is 21.3 Å². The lowest BCUT2D eigenvalue weighted by Crippen LogP contribution is -2.50. The molecular weight excluding hydrogens is 1070 g/mol. The lowest BCUT2D eigenvalue weighted by Gasteiger charge is -2.44. The van der Waals surface area contributed by atoms with Crippen LogP contribution in [0.1, 0.15) is 176 Å². The van der Waals surface area contributed by atoms with E-state index < -0.39 is 61.1 Å². The third kappa shape index (κ3) is 25.6. The summed E-state index contributed by atoms with van der Waals surface area (Å²) in [5.74, 6) is -1.00. The van der Waals surface area contributed by atoms with Crippen molar-refractivity contribution in [1.82, 2.24) is 4.90 Å². The predicted molar refractivity (Wildman–Crippen MR) is 344 cm³/mol. The molecule has 1 rings (SSSR count). The van der Waals surface area contributed by atoms with Gasteiger partial charge in [0, 0.05) is 70.6 Å². The maximum absolute atomic E-state index is 14.2. The highest BCUT2D eigenvalue weighted by Crippen LogP contribution is 2.38. The molecule has 0 aromatic carbocycles. The van der Waals surface area contributed by atoms with Crippen molar-refractivity contribution in [3.8, 4) is 0 Å². The summed E-state index contributed by atoms with van der Waals surface area (Å²) in [6.45, 7) is 39.4. The molecule has 1 heterocycles. The molecule has 0 saturated carbocycles. The van der Waals surface area contributed by atoms with Crippen LogP contribution in [-0.2, 0) is 46.6 Å². The number of rotatable bonds is 30. The Bertz CT molecular complexity index is 1870. The largest absolute Gasteiger partial charge is 0.462 e. The van der Waals surface area contributed by atoms with Crippen molar-refractivity contribution in [3.63, 3.8) is 0 Å². The molecule has 0 saturated heterocycles. The van der Waals surface area contributed by atoms with Crippen LogP contribution < -0.4 is 0 Å². The van der Waals surface area contributed by atoms with Crippen molar-refractivity contribution in [3.05, 3.63) is 60.4 Å². The van der Waals surface area contributed by atoms with E-state index in [1.807, 2.05) is 39.2 Å². The Morgan fingerprint density at radius 3 is 1.89 bits per heavy atom. The summed E-state index contributed by atoms with van der Waals surface area (Å²) in [5, 5.41) is 11.8. The third-order valence-electron chi connectivity index (χ3n) is 19.2. The van der Waals surface area contributed by atoms with Crippen LogP contribution in [0.4, 0.5) is 0 Å². The van der Waals surface area contributed by atoms with Crippen LogP contribution >= 0.6 is 0 Å². The van der Waals surface area contributed by atoms with Crippen LogP contribution in [0.15, 0.2) is 60.4 Å². The normalized spacial score (nSPS) is 27.5. The molecule has 0 aromatic heterocycles. The molecule has 470 valence electrons. The second-order valence-electron chi connectivity index (χ2n) is 24.5. The number of carbonyl (C=O) groups excluding carboxylic acids is 3. The van der Waals surface area contributed by atoms with E-state index in [4.69, 9.17) is 32.2 Å². The molecule has 0 bridgehead atoms. The van der Waals surface area contributed by atoms with Gasteiger partial charge in [-0.15, -0.1) is 0 Å². The number of hydrogen-bond acceptors (Lipinski definition) is 11. The van der Waals surface area contributed by atoms with Gasteiger partial charge in [0.05, 0.1) is 36.6 Å². The highest BCUT2D eigenvalue weighted by Gasteiger charge is 2.43. The third-order valence-corrected chi connectivity index (χ3v) is 33.2. The highest BCUT2D eigenvalue weighted by atomic mass is 28.4. The Morgan fingerprint density at radius 1 is 0.778 bits per heavy atom. The molecule has 1 aliphatic rings. The standard InChI is InChI=1S/C66H123NO11Si3/c1-22-79(23-2,24-3)76-62-36-32-31-33-38-63(71)75-61(37-34-35-58(72-20)47-49(10)39-40-50(11)60(73-21)44-42-52(13)66(56(62)17)78-81(28-7,29-8)30-9)55(16)65(77-80(25-4,26-5)27-6)51(12)41-43-59(70)54(15)64(74-57(18)69)53(14)45-46-67(19)48-68/h31-35,38,40,45-46,48-49,51-56,58-62,64-66,70H,22-30,36-37,39,41-44,47H2,1-21H3/b32-31+,35-34+,38-33+,46-45+,50-40+/t49-,51+,52-,53-,54+,55-,56-,58+,59-,60+,61+,62-,64-,65+,66-/m1/s1. The van der Waals surface area contributed by atoms with Crippen LogP contribution in [0, 0.1) is 41.4 Å². The van der Waals surface area contributed by atoms with Gasteiger partial charge in [0.1, 0.15) is 12.2 Å². The number of cyclic esters (lactones) is 1. The quantitative estimate of drug-likeness (QED) is 0.0318. The SMILES string of the molecule is CC[Si](CC)(CC)O[C@H]([C@H](C)[C@@H]1C/C=C/[C@H](OC)C[C@H](C)C/C=C(\C)[C@@H](OC)CC[C@@H](C)[C@@H](O[Si](CC)(CC)CC)[C@H](C)[C@H](O[Si](CC)(CC)CC)C/C=C/C=C/C(=O)O1)[C@@H](C)CC[C@@H](O)[C@H](C)[C@H](OC(C)=O)[C@H](C)/C=C/N(C)C=O. The molecule has 1 aliphatic heterocycles. The van der Waals surface area contributed by atoms with E-state index >= 15 is 0 Å². The van der Waals surface area contributed by atoms with Crippen molar-refractivity contribution in [2.45, 2.75) is 279 Å². The van der Waals surface area contributed by atoms with Gasteiger partial charge in [-0.25, -0.2) is 4.79 Å². The summed E-state index contributed by atoms with van der Waals surface area (Å²) in [5.41, 5.74) is 1.26. The van der Waals surface area contributed by atoms with Gasteiger partial charge in [-0.1, -0.05) is 153 Å². The number of amides is 1. The fourth-order valence-corrected chi connectivity index (χ4v) is 21.3.